The summed E-state index contributed by atoms with van der Waals surface area (Å²) >= 11 is 3.16. The molecule has 0 aliphatic heterocycles. The van der Waals surface area contributed by atoms with Gasteiger partial charge in [0, 0.05) is 4.47 Å². The van der Waals surface area contributed by atoms with Gasteiger partial charge >= 0.3 is 6.18 Å². The Balaban J connectivity index is 2.40. The zero-order valence-electron chi connectivity index (χ0n) is 10.6. The summed E-state index contributed by atoms with van der Waals surface area (Å²) in [5, 5.41) is 12.8. The summed E-state index contributed by atoms with van der Waals surface area (Å²) in [4.78, 5) is 23.0. The van der Waals surface area contributed by atoms with Gasteiger partial charge in [0.15, 0.2) is 6.10 Å². The van der Waals surface area contributed by atoms with E-state index in [2.05, 4.69) is 21.2 Å². The number of hydrogen-bond acceptors (Lipinski definition) is 3. The van der Waals surface area contributed by atoms with E-state index in [9.17, 15) is 22.8 Å². The fourth-order valence-corrected chi connectivity index (χ4v) is 1.75. The maximum Gasteiger partial charge on any atom is 0.416 e. The Kier molecular flexibility index (Phi) is 6.16. The van der Waals surface area contributed by atoms with Gasteiger partial charge in [-0.2, -0.15) is 13.2 Å². The lowest BCUT2D eigenvalue weighted by Gasteiger charge is -2.15. The molecule has 3 N–H and O–H groups in total. The van der Waals surface area contributed by atoms with Crippen molar-refractivity contribution in [3.05, 3.63) is 34.3 Å². The Hall–Kier alpha value is -1.61. The maximum atomic E-state index is 12.0. The molecule has 1 unspecified atom stereocenters. The summed E-state index contributed by atoms with van der Waals surface area (Å²) in [5.74, 6) is -1.38. The molecule has 0 saturated carbocycles. The van der Waals surface area contributed by atoms with Crippen LogP contribution in [-0.2, 0) is 4.79 Å². The van der Waals surface area contributed by atoms with Gasteiger partial charge in [0.05, 0.1) is 18.7 Å². The normalized spacial score (nSPS) is 12.6. The number of hydrogen-bond donors (Lipinski definition) is 3. The molecule has 5 nitrogen and oxygen atoms in total. The van der Waals surface area contributed by atoms with Gasteiger partial charge in [-0.15, -0.1) is 0 Å². The summed E-state index contributed by atoms with van der Waals surface area (Å²) in [6.07, 6.45) is -7.44. The van der Waals surface area contributed by atoms with E-state index in [1.165, 1.54) is 6.07 Å². The molecule has 0 aliphatic carbocycles. The molecule has 1 rings (SSSR count). The topological polar surface area (TPSA) is 78.4 Å². The smallest absolute Gasteiger partial charge is 0.382 e. The van der Waals surface area contributed by atoms with E-state index in [4.69, 9.17) is 5.11 Å². The number of alkyl halides is 3. The Labute approximate surface area is 126 Å². The molecule has 0 saturated heterocycles. The van der Waals surface area contributed by atoms with Crippen LogP contribution in [0.2, 0.25) is 0 Å². The molecule has 21 heavy (non-hydrogen) atoms. The van der Waals surface area contributed by atoms with Crippen LogP contribution in [0, 0.1) is 0 Å². The lowest BCUT2D eigenvalue weighted by atomic mass is 10.2. The first kappa shape index (κ1) is 17.4. The molecular formula is C12H12BrF3N2O3. The largest absolute Gasteiger partial charge is 0.416 e. The number of rotatable bonds is 5. The van der Waals surface area contributed by atoms with Crippen molar-refractivity contribution >= 4 is 27.7 Å². The quantitative estimate of drug-likeness (QED) is 0.731. The van der Waals surface area contributed by atoms with Crippen molar-refractivity contribution in [1.29, 1.82) is 0 Å². The molecule has 0 radical (unpaired) electrons. The van der Waals surface area contributed by atoms with Crippen LogP contribution in [0.5, 0.6) is 0 Å². The van der Waals surface area contributed by atoms with Crippen LogP contribution < -0.4 is 10.6 Å². The molecule has 0 bridgehead atoms. The van der Waals surface area contributed by atoms with E-state index in [1.807, 2.05) is 5.32 Å². The maximum absolute atomic E-state index is 12.0. The lowest BCUT2D eigenvalue weighted by molar-refractivity contribution is -0.201. The molecular weight excluding hydrogens is 357 g/mol. The third-order valence-corrected chi connectivity index (χ3v) is 3.09. The van der Waals surface area contributed by atoms with E-state index in [0.29, 0.717) is 10.0 Å². The highest BCUT2D eigenvalue weighted by Gasteiger charge is 2.38. The summed E-state index contributed by atoms with van der Waals surface area (Å²) in [6, 6.07) is 6.48. The number of halogens is 4. The van der Waals surface area contributed by atoms with Crippen LogP contribution in [0.25, 0.3) is 0 Å². The van der Waals surface area contributed by atoms with Crippen LogP contribution in [0.3, 0.4) is 0 Å². The Bertz CT molecular complexity index is 523. The van der Waals surface area contributed by atoms with Crippen LogP contribution in [0.15, 0.2) is 28.7 Å². The first-order valence-electron chi connectivity index (χ1n) is 5.76. The lowest BCUT2D eigenvalue weighted by Crippen LogP contribution is -2.44. The van der Waals surface area contributed by atoms with Crippen molar-refractivity contribution in [3.63, 3.8) is 0 Å². The molecule has 1 atom stereocenters. The number of carbonyl (C=O) groups is 2. The zero-order chi connectivity index (χ0) is 16.0. The second-order valence-corrected chi connectivity index (χ2v) is 4.88. The fourth-order valence-electron chi connectivity index (χ4n) is 1.29. The number of benzene rings is 1. The van der Waals surface area contributed by atoms with Gasteiger partial charge in [-0.3, -0.25) is 9.59 Å². The van der Waals surface area contributed by atoms with Crippen molar-refractivity contribution in [1.82, 2.24) is 10.6 Å². The average molecular weight is 369 g/mol. The number of carbonyl (C=O) groups excluding carboxylic acids is 2. The monoisotopic (exact) mass is 368 g/mol. The van der Waals surface area contributed by atoms with Gasteiger partial charge in [0.2, 0.25) is 5.91 Å². The molecule has 0 heterocycles. The van der Waals surface area contributed by atoms with Crippen molar-refractivity contribution < 1.29 is 27.9 Å². The molecule has 1 aromatic carbocycles. The van der Waals surface area contributed by atoms with E-state index in [0.717, 1.165) is 0 Å². The predicted octanol–water partition coefficient (Wildman–Crippen LogP) is 1.22. The number of amides is 2. The van der Waals surface area contributed by atoms with E-state index in [-0.39, 0.29) is 0 Å². The van der Waals surface area contributed by atoms with Crippen molar-refractivity contribution in [2.75, 3.05) is 13.1 Å². The second-order valence-electron chi connectivity index (χ2n) is 4.02. The van der Waals surface area contributed by atoms with Gasteiger partial charge < -0.3 is 15.7 Å². The highest BCUT2D eigenvalue weighted by atomic mass is 79.9. The Morgan fingerprint density at radius 1 is 1.24 bits per heavy atom. The van der Waals surface area contributed by atoms with Crippen LogP contribution in [0.1, 0.15) is 10.4 Å². The SMILES string of the molecule is O=C(CNC(=O)c1ccccc1Br)NCC(O)C(F)(F)F. The first-order chi connectivity index (χ1) is 9.71. The number of nitrogens with one attached hydrogen (secondary N) is 2. The molecule has 1 aromatic rings. The molecule has 9 heteroatoms. The Morgan fingerprint density at radius 2 is 1.86 bits per heavy atom. The standard InChI is InChI=1S/C12H12BrF3N2O3/c13-8-4-2-1-3-7(8)11(21)18-6-10(20)17-5-9(19)12(14,15)16/h1-4,9,19H,5-6H2,(H,17,20)(H,18,21). The van der Waals surface area contributed by atoms with Gasteiger partial charge in [0.25, 0.3) is 5.91 Å². The first-order valence-corrected chi connectivity index (χ1v) is 6.55. The minimum Gasteiger partial charge on any atom is -0.382 e. The summed E-state index contributed by atoms with van der Waals surface area (Å²) in [6.45, 7) is -1.46. The van der Waals surface area contributed by atoms with Crippen LogP contribution in [-0.4, -0.2) is 42.3 Å². The second kappa shape index (κ2) is 7.41. The summed E-state index contributed by atoms with van der Waals surface area (Å²) < 4.78 is 36.5. The minimum atomic E-state index is -4.80. The average Bonchev–Trinajstić information content (AvgIpc) is 2.41. The fraction of sp³-hybridized carbons (Fsp3) is 0.333. The van der Waals surface area contributed by atoms with E-state index < -0.39 is 37.2 Å². The molecule has 0 spiro atoms. The van der Waals surface area contributed by atoms with E-state index >= 15 is 0 Å². The molecule has 2 amide bonds. The van der Waals surface area contributed by atoms with Crippen molar-refractivity contribution in [3.8, 4) is 0 Å². The van der Waals surface area contributed by atoms with Crippen molar-refractivity contribution in [2.45, 2.75) is 12.3 Å². The highest BCUT2D eigenvalue weighted by Crippen LogP contribution is 2.19. The van der Waals surface area contributed by atoms with E-state index in [1.54, 1.807) is 18.2 Å². The molecule has 0 aliphatic rings. The van der Waals surface area contributed by atoms with Gasteiger partial charge in [-0.05, 0) is 28.1 Å². The summed E-state index contributed by atoms with van der Waals surface area (Å²) in [5.41, 5.74) is 0.292. The van der Waals surface area contributed by atoms with Crippen molar-refractivity contribution in [2.24, 2.45) is 0 Å². The highest BCUT2D eigenvalue weighted by molar-refractivity contribution is 9.10. The van der Waals surface area contributed by atoms with Crippen LogP contribution in [0.4, 0.5) is 13.2 Å². The predicted molar refractivity (Wildman–Crippen MR) is 71.5 cm³/mol. The minimum absolute atomic E-state index is 0.292. The van der Waals surface area contributed by atoms with Crippen LogP contribution >= 0.6 is 15.9 Å². The zero-order valence-corrected chi connectivity index (χ0v) is 12.2. The third kappa shape index (κ3) is 5.72. The van der Waals surface area contributed by atoms with Gasteiger partial charge in [0.1, 0.15) is 0 Å². The van der Waals surface area contributed by atoms with Gasteiger partial charge in [-0.25, -0.2) is 0 Å². The molecule has 0 aromatic heterocycles. The third-order valence-electron chi connectivity index (χ3n) is 2.40. The number of aliphatic hydroxyl groups excluding tert-OH is 1. The Morgan fingerprint density at radius 3 is 2.43 bits per heavy atom. The number of aliphatic hydroxyl groups is 1. The van der Waals surface area contributed by atoms with Gasteiger partial charge in [-0.1, -0.05) is 12.1 Å². The summed E-state index contributed by atoms with van der Waals surface area (Å²) in [7, 11) is 0. The molecule has 116 valence electrons. The molecule has 0 fully saturated rings.